The lowest BCUT2D eigenvalue weighted by Crippen LogP contribution is -1.92. The van der Waals surface area contributed by atoms with E-state index < -0.39 is 0 Å². The molecule has 7 aromatic carbocycles. The monoisotopic (exact) mass is 469 g/mol. The fourth-order valence-electron chi connectivity index (χ4n) is 6.01. The minimum Gasteiger partial charge on any atom is -0.355 e. The highest BCUT2D eigenvalue weighted by Crippen LogP contribution is 2.48. The van der Waals surface area contributed by atoms with Gasteiger partial charge in [-0.25, -0.2) is 0 Å². The molecule has 0 saturated heterocycles. The highest BCUT2D eigenvalue weighted by molar-refractivity contribution is 6.18. The molecule has 0 unspecified atom stereocenters. The van der Waals surface area contributed by atoms with Crippen molar-refractivity contribution < 1.29 is 0 Å². The molecule has 0 amide bonds. The predicted octanol–water partition coefficient (Wildman–Crippen LogP) is 10.2. The van der Waals surface area contributed by atoms with E-state index in [9.17, 15) is 0 Å². The Labute approximate surface area is 215 Å². The van der Waals surface area contributed by atoms with E-state index in [1.807, 2.05) is 0 Å². The first-order valence-electron chi connectivity index (χ1n) is 12.8. The van der Waals surface area contributed by atoms with Crippen molar-refractivity contribution in [3.05, 3.63) is 133 Å². The maximum Gasteiger partial charge on any atom is 0.0464 e. The minimum atomic E-state index is 1.09. The second-order valence-electron chi connectivity index (χ2n) is 9.86. The van der Waals surface area contributed by atoms with Gasteiger partial charge >= 0.3 is 0 Å². The van der Waals surface area contributed by atoms with Crippen LogP contribution < -0.4 is 5.32 Å². The Balaban J connectivity index is 1.14. The summed E-state index contributed by atoms with van der Waals surface area (Å²) in [5.74, 6) is 0. The fourth-order valence-corrected chi connectivity index (χ4v) is 6.01. The molecule has 0 aliphatic heterocycles. The van der Waals surface area contributed by atoms with Gasteiger partial charge in [-0.2, -0.15) is 0 Å². The van der Waals surface area contributed by atoms with Crippen LogP contribution in [0.3, 0.4) is 0 Å². The maximum atomic E-state index is 3.68. The van der Waals surface area contributed by atoms with E-state index in [4.69, 9.17) is 0 Å². The molecule has 172 valence electrons. The van der Waals surface area contributed by atoms with E-state index >= 15 is 0 Å². The first-order chi connectivity index (χ1) is 18.3. The molecular formula is C36H23N. The zero-order valence-corrected chi connectivity index (χ0v) is 20.2. The van der Waals surface area contributed by atoms with Gasteiger partial charge < -0.3 is 5.32 Å². The Morgan fingerprint density at radius 3 is 1.89 bits per heavy atom. The van der Waals surface area contributed by atoms with Crippen molar-refractivity contribution in [2.45, 2.75) is 0 Å². The third kappa shape index (κ3) is 3.11. The van der Waals surface area contributed by atoms with E-state index in [2.05, 4.69) is 139 Å². The summed E-state index contributed by atoms with van der Waals surface area (Å²) in [5.41, 5.74) is 9.98. The number of nitrogens with one attached hydrogen (secondary N) is 1. The zero-order chi connectivity index (χ0) is 24.3. The summed E-state index contributed by atoms with van der Waals surface area (Å²) in [4.78, 5) is 0. The quantitative estimate of drug-likeness (QED) is 0.254. The minimum absolute atomic E-state index is 1.09. The van der Waals surface area contributed by atoms with Crippen LogP contribution in [0.4, 0.5) is 11.4 Å². The van der Waals surface area contributed by atoms with Crippen LogP contribution in [0.2, 0.25) is 0 Å². The first kappa shape index (κ1) is 20.3. The number of benzene rings is 7. The molecular weight excluding hydrogens is 446 g/mol. The first-order valence-corrected chi connectivity index (χ1v) is 12.8. The molecule has 1 nitrogen and oxygen atoms in total. The van der Waals surface area contributed by atoms with Crippen molar-refractivity contribution in [1.82, 2.24) is 0 Å². The van der Waals surface area contributed by atoms with E-state index in [-0.39, 0.29) is 0 Å². The van der Waals surface area contributed by atoms with Gasteiger partial charge in [0.1, 0.15) is 0 Å². The summed E-state index contributed by atoms with van der Waals surface area (Å²) in [6.45, 7) is 0. The molecule has 1 heteroatoms. The summed E-state index contributed by atoms with van der Waals surface area (Å²) in [6.07, 6.45) is 0. The summed E-state index contributed by atoms with van der Waals surface area (Å²) >= 11 is 0. The Morgan fingerprint density at radius 2 is 1.03 bits per heavy atom. The van der Waals surface area contributed by atoms with Crippen LogP contribution >= 0.6 is 0 Å². The Morgan fingerprint density at radius 1 is 0.378 bits per heavy atom. The summed E-state index contributed by atoms with van der Waals surface area (Å²) in [5, 5.41) is 11.4. The predicted molar refractivity (Wildman–Crippen MR) is 159 cm³/mol. The van der Waals surface area contributed by atoms with Crippen molar-refractivity contribution in [3.8, 4) is 33.4 Å². The summed E-state index contributed by atoms with van der Waals surface area (Å²) < 4.78 is 0. The Kier molecular flexibility index (Phi) is 4.29. The summed E-state index contributed by atoms with van der Waals surface area (Å²) in [7, 11) is 0. The van der Waals surface area contributed by atoms with Crippen molar-refractivity contribution in [3.63, 3.8) is 0 Å². The fraction of sp³-hybridized carbons (Fsp3) is 0. The number of hydrogen-bond acceptors (Lipinski definition) is 1. The maximum absolute atomic E-state index is 3.68. The number of anilines is 2. The topological polar surface area (TPSA) is 12.0 Å². The van der Waals surface area contributed by atoms with Gasteiger partial charge in [0.15, 0.2) is 0 Å². The molecule has 0 saturated carbocycles. The Bertz CT molecular complexity index is 1970. The van der Waals surface area contributed by atoms with Gasteiger partial charge in [-0.3, -0.25) is 0 Å². The van der Waals surface area contributed by atoms with Gasteiger partial charge in [0.05, 0.1) is 0 Å². The number of rotatable bonds is 3. The Hall–Kier alpha value is -4.88. The second-order valence-corrected chi connectivity index (χ2v) is 9.86. The van der Waals surface area contributed by atoms with Gasteiger partial charge in [-0.1, -0.05) is 109 Å². The lowest BCUT2D eigenvalue weighted by atomic mass is 9.97. The van der Waals surface area contributed by atoms with Crippen molar-refractivity contribution in [1.29, 1.82) is 0 Å². The van der Waals surface area contributed by atoms with Crippen LogP contribution in [0.1, 0.15) is 0 Å². The molecule has 0 fully saturated rings. The van der Waals surface area contributed by atoms with Gasteiger partial charge in [0, 0.05) is 16.8 Å². The number of hydrogen-bond donors (Lipinski definition) is 1. The average Bonchev–Trinajstić information content (AvgIpc) is 3.29. The molecule has 8 rings (SSSR count). The number of fused-ring (bicyclic) bond motifs is 6. The van der Waals surface area contributed by atoms with Gasteiger partial charge in [-0.15, -0.1) is 0 Å². The highest BCUT2D eigenvalue weighted by atomic mass is 14.9. The molecule has 1 aliphatic carbocycles. The molecule has 0 spiro atoms. The van der Waals surface area contributed by atoms with E-state index in [0.29, 0.717) is 0 Å². The molecule has 37 heavy (non-hydrogen) atoms. The van der Waals surface area contributed by atoms with Crippen molar-refractivity contribution >= 4 is 43.7 Å². The smallest absolute Gasteiger partial charge is 0.0464 e. The second kappa shape index (κ2) is 7.81. The standard InChI is InChI=1S/C36H23N/c1-2-7-28-24(6-1)12-13-26-22-25(16-19-29(26)28)23-14-17-27(18-15-23)37-35-21-20-33-31-9-4-3-8-30(31)32-10-5-11-34(35)36(32)33/h1-22,37H. The SMILES string of the molecule is c1ccc2c(c1)-c1cccc3c(Nc4ccc(-c5ccc6c(ccc7ccccc76)c5)cc4)ccc-2c13. The van der Waals surface area contributed by atoms with Crippen LogP contribution in [0.15, 0.2) is 133 Å². The van der Waals surface area contributed by atoms with Gasteiger partial charge in [0.2, 0.25) is 0 Å². The van der Waals surface area contributed by atoms with Crippen LogP contribution in [-0.2, 0) is 0 Å². The molecule has 0 heterocycles. The molecule has 1 N–H and O–H groups in total. The van der Waals surface area contributed by atoms with Crippen molar-refractivity contribution in [2.24, 2.45) is 0 Å². The van der Waals surface area contributed by atoms with Crippen molar-refractivity contribution in [2.75, 3.05) is 5.32 Å². The molecule has 1 aliphatic rings. The van der Waals surface area contributed by atoms with E-state index in [0.717, 1.165) is 11.4 Å². The summed E-state index contributed by atoms with van der Waals surface area (Å²) in [6, 6.07) is 48.4. The molecule has 0 atom stereocenters. The van der Waals surface area contributed by atoms with Crippen LogP contribution in [0, 0.1) is 0 Å². The third-order valence-electron chi connectivity index (χ3n) is 7.79. The van der Waals surface area contributed by atoms with Gasteiger partial charge in [0.25, 0.3) is 0 Å². The molecule has 7 aromatic rings. The molecule has 0 bridgehead atoms. The van der Waals surface area contributed by atoms with E-state index in [1.165, 1.54) is 65.7 Å². The van der Waals surface area contributed by atoms with Crippen LogP contribution in [0.5, 0.6) is 0 Å². The highest BCUT2D eigenvalue weighted by Gasteiger charge is 2.21. The van der Waals surface area contributed by atoms with Gasteiger partial charge in [-0.05, 0) is 84.6 Å². The molecule has 0 radical (unpaired) electrons. The van der Waals surface area contributed by atoms with E-state index in [1.54, 1.807) is 0 Å². The lowest BCUT2D eigenvalue weighted by Gasteiger charge is -2.13. The van der Waals surface area contributed by atoms with Crippen LogP contribution in [-0.4, -0.2) is 0 Å². The third-order valence-corrected chi connectivity index (χ3v) is 7.79. The average molecular weight is 470 g/mol. The lowest BCUT2D eigenvalue weighted by molar-refractivity contribution is 1.57. The molecule has 0 aromatic heterocycles. The zero-order valence-electron chi connectivity index (χ0n) is 20.2. The van der Waals surface area contributed by atoms with Crippen LogP contribution in [0.25, 0.3) is 65.7 Å². The normalized spacial score (nSPS) is 11.8. The largest absolute Gasteiger partial charge is 0.355 e.